The average molecular weight is 348 g/mol. The molecule has 2 aromatic rings. The fourth-order valence-electron chi connectivity index (χ4n) is 3.69. The van der Waals surface area contributed by atoms with E-state index in [1.54, 1.807) is 6.07 Å². The van der Waals surface area contributed by atoms with Crippen LogP contribution >= 0.6 is 17.0 Å². The van der Waals surface area contributed by atoms with Crippen molar-refractivity contribution in [1.82, 2.24) is 5.32 Å². The summed E-state index contributed by atoms with van der Waals surface area (Å²) in [6.45, 7) is 1.52. The molecule has 0 bridgehead atoms. The molecule has 2 aromatic carbocycles. The van der Waals surface area contributed by atoms with E-state index in [2.05, 4.69) is 29.6 Å². The minimum atomic E-state index is 0. The van der Waals surface area contributed by atoms with Gasteiger partial charge in [-0.25, -0.2) is 0 Å². The summed E-state index contributed by atoms with van der Waals surface area (Å²) in [5.41, 5.74) is 6.00. The molecule has 1 aliphatic heterocycles. The minimum absolute atomic E-state index is 0. The molecule has 1 atom stereocenters. The smallest absolute Gasteiger partial charge is 0.162 e. The van der Waals surface area contributed by atoms with Crippen molar-refractivity contribution in [2.24, 2.45) is 0 Å². The number of fused-ring (bicyclic) bond motifs is 2. The van der Waals surface area contributed by atoms with Crippen LogP contribution in [0.15, 0.2) is 30.3 Å². The number of hydrogen-bond acceptors (Lipinski definition) is 3. The second-order valence-corrected chi connectivity index (χ2v) is 5.68. The van der Waals surface area contributed by atoms with Crippen molar-refractivity contribution in [2.45, 2.75) is 25.3 Å². The lowest BCUT2D eigenvalue weighted by molar-refractivity contribution is 0.392. The fraction of sp³-hybridized carbons (Fsp3) is 0.294. The largest absolute Gasteiger partial charge is 0.504 e. The first-order chi connectivity index (χ1) is 9.75. The Bertz CT molecular complexity index is 699. The maximum absolute atomic E-state index is 10.2. The van der Waals surface area contributed by atoms with Crippen LogP contribution in [0.2, 0.25) is 0 Å². The number of halogens is 1. The molecular weight excluding hydrogens is 330 g/mol. The molecule has 4 rings (SSSR count). The Labute approximate surface area is 134 Å². The van der Waals surface area contributed by atoms with Gasteiger partial charge in [-0.2, -0.15) is 0 Å². The first-order valence-corrected chi connectivity index (χ1v) is 7.11. The summed E-state index contributed by atoms with van der Waals surface area (Å²) in [7, 11) is 0. The Morgan fingerprint density at radius 2 is 1.81 bits per heavy atom. The van der Waals surface area contributed by atoms with E-state index in [1.165, 1.54) is 22.3 Å². The van der Waals surface area contributed by atoms with Crippen molar-refractivity contribution < 1.29 is 10.2 Å². The van der Waals surface area contributed by atoms with E-state index in [1.807, 2.05) is 0 Å². The minimum Gasteiger partial charge on any atom is -0.504 e. The van der Waals surface area contributed by atoms with Crippen molar-refractivity contribution in [3.8, 4) is 11.5 Å². The standard InChI is InChI=1S/C17H17NO2.BrH/c19-15-7-11-6-5-10-3-1-2-4-12(10)13-8-18-9-14(16(11)13)17(15)20;/h1-4,7,13,18-20H,5-6,8-9H2;1H. The van der Waals surface area contributed by atoms with Gasteiger partial charge in [0.05, 0.1) is 0 Å². The zero-order valence-corrected chi connectivity index (χ0v) is 13.3. The number of hydrogen-bond donors (Lipinski definition) is 3. The molecule has 0 saturated heterocycles. The van der Waals surface area contributed by atoms with Crippen LogP contribution in [0.4, 0.5) is 0 Å². The molecule has 0 amide bonds. The van der Waals surface area contributed by atoms with E-state index < -0.39 is 0 Å². The molecule has 0 spiro atoms. The summed E-state index contributed by atoms with van der Waals surface area (Å²) in [5, 5.41) is 23.5. The zero-order chi connectivity index (χ0) is 13.7. The van der Waals surface area contributed by atoms with Crippen LogP contribution in [0, 0.1) is 0 Å². The van der Waals surface area contributed by atoms with Crippen molar-refractivity contribution in [1.29, 1.82) is 0 Å². The van der Waals surface area contributed by atoms with Crippen LogP contribution < -0.4 is 5.32 Å². The molecule has 2 aliphatic rings. The quantitative estimate of drug-likeness (QED) is 0.642. The van der Waals surface area contributed by atoms with E-state index >= 15 is 0 Å². The topological polar surface area (TPSA) is 52.5 Å². The second kappa shape index (κ2) is 5.35. The van der Waals surface area contributed by atoms with Crippen LogP contribution in [0.3, 0.4) is 0 Å². The Hall–Kier alpha value is -1.52. The van der Waals surface area contributed by atoms with Gasteiger partial charge in [0.2, 0.25) is 0 Å². The molecule has 1 heterocycles. The highest BCUT2D eigenvalue weighted by atomic mass is 79.9. The van der Waals surface area contributed by atoms with E-state index in [4.69, 9.17) is 0 Å². The highest BCUT2D eigenvalue weighted by Gasteiger charge is 2.31. The number of rotatable bonds is 0. The van der Waals surface area contributed by atoms with Crippen LogP contribution in [0.5, 0.6) is 11.5 Å². The summed E-state index contributed by atoms with van der Waals surface area (Å²) in [5.74, 6) is 0.325. The molecule has 1 unspecified atom stereocenters. The lowest BCUT2D eigenvalue weighted by Gasteiger charge is -2.29. The first kappa shape index (κ1) is 14.4. The maximum atomic E-state index is 10.2. The van der Waals surface area contributed by atoms with Gasteiger partial charge in [0.25, 0.3) is 0 Å². The molecule has 1 aliphatic carbocycles. The number of phenolic OH excluding ortho intramolecular Hbond substituents is 2. The Kier molecular flexibility index (Phi) is 3.68. The number of phenols is 2. The van der Waals surface area contributed by atoms with Crippen LogP contribution in [-0.2, 0) is 19.4 Å². The van der Waals surface area contributed by atoms with Crippen molar-refractivity contribution in [3.63, 3.8) is 0 Å². The monoisotopic (exact) mass is 347 g/mol. The first-order valence-electron chi connectivity index (χ1n) is 7.11. The number of nitrogens with one attached hydrogen (secondary N) is 1. The van der Waals surface area contributed by atoms with E-state index in [0.717, 1.165) is 24.9 Å². The predicted octanol–water partition coefficient (Wildman–Crippen LogP) is 3.01. The summed E-state index contributed by atoms with van der Waals surface area (Å²) < 4.78 is 0. The second-order valence-electron chi connectivity index (χ2n) is 5.68. The van der Waals surface area contributed by atoms with Crippen molar-refractivity contribution in [3.05, 3.63) is 58.1 Å². The maximum Gasteiger partial charge on any atom is 0.162 e. The van der Waals surface area contributed by atoms with E-state index in [0.29, 0.717) is 6.54 Å². The highest BCUT2D eigenvalue weighted by molar-refractivity contribution is 8.93. The number of aryl methyl sites for hydroxylation is 2. The molecular formula is C17H18BrNO2. The van der Waals surface area contributed by atoms with Crippen LogP contribution in [-0.4, -0.2) is 16.8 Å². The van der Waals surface area contributed by atoms with Gasteiger partial charge in [-0.15, -0.1) is 17.0 Å². The average Bonchev–Trinajstić information content (AvgIpc) is 2.64. The van der Waals surface area contributed by atoms with Gasteiger partial charge >= 0.3 is 0 Å². The Morgan fingerprint density at radius 3 is 2.67 bits per heavy atom. The lowest BCUT2D eigenvalue weighted by Crippen LogP contribution is -2.29. The van der Waals surface area contributed by atoms with Gasteiger partial charge in [0, 0.05) is 24.6 Å². The fourth-order valence-corrected chi connectivity index (χ4v) is 3.69. The Morgan fingerprint density at radius 1 is 1.05 bits per heavy atom. The van der Waals surface area contributed by atoms with Gasteiger partial charge < -0.3 is 15.5 Å². The highest BCUT2D eigenvalue weighted by Crippen LogP contribution is 2.44. The molecule has 0 saturated carbocycles. The number of benzene rings is 2. The third kappa shape index (κ3) is 2.14. The summed E-state index contributed by atoms with van der Waals surface area (Å²) in [4.78, 5) is 0. The predicted molar refractivity (Wildman–Crippen MR) is 87.5 cm³/mol. The summed E-state index contributed by atoms with van der Waals surface area (Å²) in [6, 6.07) is 10.3. The molecule has 4 heteroatoms. The molecule has 0 radical (unpaired) electrons. The normalized spacial score (nSPS) is 19.0. The SMILES string of the molecule is Br.Oc1cc2c3c(c1O)CNCC3c1ccccc1CC2. The molecule has 110 valence electrons. The molecule has 0 aromatic heterocycles. The van der Waals surface area contributed by atoms with Crippen molar-refractivity contribution in [2.75, 3.05) is 6.54 Å². The van der Waals surface area contributed by atoms with Crippen LogP contribution in [0.25, 0.3) is 0 Å². The molecule has 21 heavy (non-hydrogen) atoms. The zero-order valence-electron chi connectivity index (χ0n) is 11.6. The van der Waals surface area contributed by atoms with Crippen molar-refractivity contribution >= 4 is 17.0 Å². The summed E-state index contributed by atoms with van der Waals surface area (Å²) >= 11 is 0. The van der Waals surface area contributed by atoms with Gasteiger partial charge in [-0.05, 0) is 41.2 Å². The van der Waals surface area contributed by atoms with Gasteiger partial charge in [-0.3, -0.25) is 0 Å². The molecule has 0 fully saturated rings. The van der Waals surface area contributed by atoms with Crippen LogP contribution in [0.1, 0.15) is 33.7 Å². The Balaban J connectivity index is 0.00000132. The summed E-state index contributed by atoms with van der Waals surface area (Å²) in [6.07, 6.45) is 1.91. The van der Waals surface area contributed by atoms with Gasteiger partial charge in [-0.1, -0.05) is 24.3 Å². The van der Waals surface area contributed by atoms with E-state index in [9.17, 15) is 10.2 Å². The molecule has 3 nitrogen and oxygen atoms in total. The third-order valence-corrected chi connectivity index (χ3v) is 4.60. The third-order valence-electron chi connectivity index (χ3n) is 4.60. The lowest BCUT2D eigenvalue weighted by atomic mass is 9.82. The number of aromatic hydroxyl groups is 2. The molecule has 3 N–H and O–H groups in total. The van der Waals surface area contributed by atoms with E-state index in [-0.39, 0.29) is 34.4 Å². The van der Waals surface area contributed by atoms with Gasteiger partial charge in [0.1, 0.15) is 0 Å². The van der Waals surface area contributed by atoms with Gasteiger partial charge in [0.15, 0.2) is 11.5 Å².